The van der Waals surface area contributed by atoms with Crippen LogP contribution in [0.1, 0.15) is 17.3 Å². The van der Waals surface area contributed by atoms with Crippen LogP contribution in [0.5, 0.6) is 0 Å². The molecule has 0 radical (unpaired) electrons. The van der Waals surface area contributed by atoms with Crippen LogP contribution in [0, 0.1) is 0 Å². The molecule has 0 aliphatic carbocycles. The lowest BCUT2D eigenvalue weighted by Crippen LogP contribution is -2.35. The van der Waals surface area contributed by atoms with Gasteiger partial charge in [-0.05, 0) is 18.2 Å². The van der Waals surface area contributed by atoms with Crippen molar-refractivity contribution < 1.29 is 14.3 Å². The first-order valence-corrected chi connectivity index (χ1v) is 7.07. The number of rotatable bonds is 5. The summed E-state index contributed by atoms with van der Waals surface area (Å²) in [6.07, 6.45) is 1.59. The molecule has 8 heteroatoms. The fraction of sp³-hybridized carbons (Fsp3) is 0.214. The molecule has 0 saturated carbocycles. The summed E-state index contributed by atoms with van der Waals surface area (Å²) in [4.78, 5) is 24.0. The Bertz CT molecular complexity index is 674. The van der Waals surface area contributed by atoms with Crippen LogP contribution in [0.15, 0.2) is 30.5 Å². The molecule has 1 heterocycles. The van der Waals surface area contributed by atoms with Crippen molar-refractivity contribution in [3.63, 3.8) is 0 Å². The number of hydrogen-bond acceptors (Lipinski definition) is 4. The van der Waals surface area contributed by atoms with Crippen molar-refractivity contribution in [1.82, 2.24) is 15.5 Å². The summed E-state index contributed by atoms with van der Waals surface area (Å²) in [7, 11) is 1.24. The summed E-state index contributed by atoms with van der Waals surface area (Å²) in [6.45, 7) is 0. The van der Waals surface area contributed by atoms with Crippen molar-refractivity contribution in [1.29, 1.82) is 0 Å². The number of esters is 1. The number of carbonyl (C=O) groups excluding carboxylic acids is 2. The molecule has 116 valence electrons. The lowest BCUT2D eigenvalue weighted by Gasteiger charge is -2.18. The molecule has 0 unspecified atom stereocenters. The number of hydrogen-bond donors (Lipinski definition) is 2. The van der Waals surface area contributed by atoms with E-state index in [1.165, 1.54) is 19.4 Å². The second kappa shape index (κ2) is 7.29. The molecule has 0 aliphatic rings. The van der Waals surface area contributed by atoms with Gasteiger partial charge in [0, 0.05) is 27.5 Å². The normalized spacial score (nSPS) is 11.8. The smallest absolute Gasteiger partial charge is 0.333 e. The number of nitrogens with zero attached hydrogens (tertiary/aromatic N) is 1. The topological polar surface area (TPSA) is 84.1 Å². The standard InChI is InChI=1S/C14H13Cl2N3O3/c1-22-14(21)13(10-3-2-8(15)6-11(10)16)18-12(20)7-9-4-5-17-19-9/h2-6,13H,7H2,1H3,(H,17,19)(H,18,20)/t13-/m1/s1. The molecule has 2 aromatic rings. The first-order chi connectivity index (χ1) is 10.5. The van der Waals surface area contributed by atoms with Gasteiger partial charge in [0.05, 0.1) is 13.5 Å². The molecule has 0 aliphatic heterocycles. The Morgan fingerprint density at radius 3 is 2.73 bits per heavy atom. The van der Waals surface area contributed by atoms with E-state index in [0.717, 1.165) is 0 Å². The highest BCUT2D eigenvalue weighted by Crippen LogP contribution is 2.27. The Kier molecular flexibility index (Phi) is 5.41. The quantitative estimate of drug-likeness (QED) is 0.817. The average molecular weight is 342 g/mol. The van der Waals surface area contributed by atoms with Gasteiger partial charge in [-0.1, -0.05) is 29.3 Å². The van der Waals surface area contributed by atoms with Gasteiger partial charge >= 0.3 is 5.97 Å². The minimum absolute atomic E-state index is 0.0543. The molecule has 2 N–H and O–H groups in total. The predicted octanol–water partition coefficient (Wildman–Crippen LogP) is 2.29. The number of H-pyrrole nitrogens is 1. The van der Waals surface area contributed by atoms with E-state index >= 15 is 0 Å². The van der Waals surface area contributed by atoms with E-state index in [-0.39, 0.29) is 17.4 Å². The summed E-state index contributed by atoms with van der Waals surface area (Å²) >= 11 is 11.9. The van der Waals surface area contributed by atoms with E-state index in [4.69, 9.17) is 27.9 Å². The molecule has 0 fully saturated rings. The lowest BCUT2D eigenvalue weighted by molar-refractivity contribution is -0.145. The number of halogens is 2. The largest absolute Gasteiger partial charge is 0.467 e. The van der Waals surface area contributed by atoms with Crippen molar-refractivity contribution in [3.8, 4) is 0 Å². The molecule has 0 bridgehead atoms. The van der Waals surface area contributed by atoms with E-state index in [1.54, 1.807) is 18.2 Å². The highest BCUT2D eigenvalue weighted by atomic mass is 35.5. The van der Waals surface area contributed by atoms with Gasteiger partial charge in [-0.3, -0.25) is 9.89 Å². The maximum absolute atomic E-state index is 12.1. The van der Waals surface area contributed by atoms with Gasteiger partial charge < -0.3 is 10.1 Å². The van der Waals surface area contributed by atoms with E-state index in [9.17, 15) is 9.59 Å². The maximum atomic E-state index is 12.1. The van der Waals surface area contributed by atoms with Crippen LogP contribution in [-0.2, 0) is 20.7 Å². The summed E-state index contributed by atoms with van der Waals surface area (Å²) < 4.78 is 4.72. The zero-order valence-corrected chi connectivity index (χ0v) is 13.1. The summed E-state index contributed by atoms with van der Waals surface area (Å²) in [5.41, 5.74) is 1.04. The van der Waals surface area contributed by atoms with Crippen LogP contribution in [0.4, 0.5) is 0 Å². The van der Waals surface area contributed by atoms with Gasteiger partial charge in [-0.2, -0.15) is 5.10 Å². The third-order valence-electron chi connectivity index (χ3n) is 2.93. The molecular weight excluding hydrogens is 329 g/mol. The van der Waals surface area contributed by atoms with E-state index in [0.29, 0.717) is 16.3 Å². The van der Waals surface area contributed by atoms with Crippen LogP contribution < -0.4 is 5.32 Å². The minimum atomic E-state index is -1.01. The number of ether oxygens (including phenoxy) is 1. The highest BCUT2D eigenvalue weighted by Gasteiger charge is 2.26. The SMILES string of the molecule is COC(=O)[C@H](NC(=O)Cc1ccn[nH]1)c1ccc(Cl)cc1Cl. The lowest BCUT2D eigenvalue weighted by atomic mass is 10.1. The highest BCUT2D eigenvalue weighted by molar-refractivity contribution is 6.35. The first-order valence-electron chi connectivity index (χ1n) is 6.31. The first kappa shape index (κ1) is 16.3. The Morgan fingerprint density at radius 1 is 1.36 bits per heavy atom. The zero-order valence-electron chi connectivity index (χ0n) is 11.6. The molecule has 1 amide bonds. The second-order valence-corrected chi connectivity index (χ2v) is 5.29. The van der Waals surface area contributed by atoms with Crippen molar-refractivity contribution in [2.45, 2.75) is 12.5 Å². The summed E-state index contributed by atoms with van der Waals surface area (Å²) in [5.74, 6) is -0.993. The maximum Gasteiger partial charge on any atom is 0.333 e. The molecule has 6 nitrogen and oxygen atoms in total. The third kappa shape index (κ3) is 3.99. The fourth-order valence-corrected chi connectivity index (χ4v) is 2.40. The van der Waals surface area contributed by atoms with Crippen LogP contribution >= 0.6 is 23.2 Å². The monoisotopic (exact) mass is 341 g/mol. The number of methoxy groups -OCH3 is 1. The predicted molar refractivity (Wildman–Crippen MR) is 81.7 cm³/mol. The Morgan fingerprint density at radius 2 is 2.14 bits per heavy atom. The van der Waals surface area contributed by atoms with Gasteiger partial charge in [-0.15, -0.1) is 0 Å². The Hall–Kier alpha value is -2.05. The van der Waals surface area contributed by atoms with Gasteiger partial charge in [-0.25, -0.2) is 4.79 Å². The van der Waals surface area contributed by atoms with Crippen molar-refractivity contribution in [3.05, 3.63) is 51.8 Å². The van der Waals surface area contributed by atoms with E-state index in [1.807, 2.05) is 0 Å². The molecule has 0 saturated heterocycles. The number of benzene rings is 1. The molecule has 1 atom stereocenters. The number of amides is 1. The van der Waals surface area contributed by atoms with Crippen LogP contribution in [0.25, 0.3) is 0 Å². The van der Waals surface area contributed by atoms with Gasteiger partial charge in [0.15, 0.2) is 6.04 Å². The van der Waals surface area contributed by atoms with Gasteiger partial charge in [0.2, 0.25) is 5.91 Å². The summed E-state index contributed by atoms with van der Waals surface area (Å²) in [5, 5.41) is 9.72. The average Bonchev–Trinajstić information content (AvgIpc) is 2.97. The van der Waals surface area contributed by atoms with Gasteiger partial charge in [0.25, 0.3) is 0 Å². The van der Waals surface area contributed by atoms with Crippen LogP contribution in [0.2, 0.25) is 10.0 Å². The number of aromatic nitrogens is 2. The van der Waals surface area contributed by atoms with Crippen LogP contribution in [-0.4, -0.2) is 29.2 Å². The number of nitrogens with one attached hydrogen (secondary N) is 2. The van der Waals surface area contributed by atoms with Crippen molar-refractivity contribution in [2.24, 2.45) is 0 Å². The number of carbonyl (C=O) groups is 2. The fourth-order valence-electron chi connectivity index (χ4n) is 1.89. The van der Waals surface area contributed by atoms with Gasteiger partial charge in [0.1, 0.15) is 0 Å². The number of aromatic amines is 1. The third-order valence-corrected chi connectivity index (χ3v) is 3.49. The van der Waals surface area contributed by atoms with E-state index in [2.05, 4.69) is 15.5 Å². The summed E-state index contributed by atoms with van der Waals surface area (Å²) in [6, 6.07) is 5.31. The van der Waals surface area contributed by atoms with Crippen molar-refractivity contribution in [2.75, 3.05) is 7.11 Å². The molecular formula is C14H13Cl2N3O3. The molecule has 22 heavy (non-hydrogen) atoms. The molecule has 2 rings (SSSR count). The second-order valence-electron chi connectivity index (χ2n) is 4.45. The van der Waals surface area contributed by atoms with Crippen molar-refractivity contribution >= 4 is 35.1 Å². The Balaban J connectivity index is 2.19. The zero-order chi connectivity index (χ0) is 16.1. The molecule has 0 spiro atoms. The van der Waals surface area contributed by atoms with Crippen LogP contribution in [0.3, 0.4) is 0 Å². The minimum Gasteiger partial charge on any atom is -0.467 e. The molecule has 1 aromatic carbocycles. The van der Waals surface area contributed by atoms with E-state index < -0.39 is 12.0 Å². The molecule has 1 aromatic heterocycles. The Labute approximate surface area is 136 Å².